The second-order valence-electron chi connectivity index (χ2n) is 6.83. The lowest BCUT2D eigenvalue weighted by Crippen LogP contribution is -2.53. The first-order chi connectivity index (χ1) is 12.3. The summed E-state index contributed by atoms with van der Waals surface area (Å²) in [4.78, 5) is 21.4. The van der Waals surface area contributed by atoms with E-state index >= 15 is 0 Å². The largest absolute Gasteiger partial charge is 0.459 e. The van der Waals surface area contributed by atoms with E-state index in [9.17, 15) is 4.79 Å². The molecule has 0 aliphatic carbocycles. The van der Waals surface area contributed by atoms with Crippen LogP contribution in [0.5, 0.6) is 0 Å². The van der Waals surface area contributed by atoms with Crippen LogP contribution < -0.4 is 0 Å². The van der Waals surface area contributed by atoms with Gasteiger partial charge in [-0.15, -0.1) is 0 Å². The zero-order valence-electron chi connectivity index (χ0n) is 14.4. The maximum absolute atomic E-state index is 12.8. The number of aromatic nitrogens is 1. The second-order valence-corrected chi connectivity index (χ2v) is 6.83. The predicted molar refractivity (Wildman–Crippen MR) is 92.0 cm³/mol. The summed E-state index contributed by atoms with van der Waals surface area (Å²) in [5, 5.41) is 0. The number of pyridine rings is 1. The van der Waals surface area contributed by atoms with Crippen LogP contribution in [0.2, 0.25) is 0 Å². The van der Waals surface area contributed by atoms with Crippen LogP contribution in [0.3, 0.4) is 0 Å². The summed E-state index contributed by atoms with van der Waals surface area (Å²) >= 11 is 0. The molecule has 0 bridgehead atoms. The van der Waals surface area contributed by atoms with Crippen LogP contribution in [0.25, 0.3) is 0 Å². The highest BCUT2D eigenvalue weighted by atomic mass is 16.5. The lowest BCUT2D eigenvalue weighted by atomic mass is 9.89. The van der Waals surface area contributed by atoms with E-state index < -0.39 is 0 Å². The molecular weight excluding hydrogens is 318 g/mol. The number of hydrogen-bond donors (Lipinski definition) is 0. The number of carbonyl (C=O) groups excluding carboxylic acids is 1. The molecule has 25 heavy (non-hydrogen) atoms. The van der Waals surface area contributed by atoms with Crippen LogP contribution in [0.15, 0.2) is 47.3 Å². The molecule has 0 spiro atoms. The molecule has 0 aromatic carbocycles. The van der Waals surface area contributed by atoms with Gasteiger partial charge in [-0.3, -0.25) is 14.7 Å². The van der Waals surface area contributed by atoms with E-state index in [1.807, 2.05) is 17.2 Å². The molecule has 6 heteroatoms. The molecule has 4 rings (SSSR count). The summed E-state index contributed by atoms with van der Waals surface area (Å²) in [6.07, 6.45) is 6.31. The number of fused-ring (bicyclic) bond motifs is 1. The molecule has 0 unspecified atom stereocenters. The number of rotatable bonds is 4. The van der Waals surface area contributed by atoms with Crippen molar-refractivity contribution >= 4 is 5.91 Å². The number of carbonyl (C=O) groups is 1. The Morgan fingerprint density at radius 3 is 3.00 bits per heavy atom. The van der Waals surface area contributed by atoms with Gasteiger partial charge in [0.1, 0.15) is 0 Å². The Morgan fingerprint density at radius 1 is 1.36 bits per heavy atom. The molecule has 0 saturated carbocycles. The Bertz CT molecular complexity index is 704. The topological polar surface area (TPSA) is 58.8 Å². The van der Waals surface area contributed by atoms with Crippen LogP contribution in [0.1, 0.15) is 22.5 Å². The van der Waals surface area contributed by atoms with Crippen molar-refractivity contribution in [2.45, 2.75) is 25.1 Å². The van der Waals surface area contributed by atoms with E-state index in [1.165, 1.54) is 5.56 Å². The van der Waals surface area contributed by atoms with Gasteiger partial charge in [-0.05, 0) is 30.2 Å². The van der Waals surface area contributed by atoms with Crippen LogP contribution in [-0.2, 0) is 11.3 Å². The molecule has 4 heterocycles. The van der Waals surface area contributed by atoms with Gasteiger partial charge in [-0.25, -0.2) is 0 Å². The summed E-state index contributed by atoms with van der Waals surface area (Å²) in [5.41, 5.74) is 1.19. The highest BCUT2D eigenvalue weighted by Gasteiger charge is 2.46. The van der Waals surface area contributed by atoms with E-state index in [-0.39, 0.29) is 18.1 Å². The van der Waals surface area contributed by atoms with Gasteiger partial charge in [0, 0.05) is 51.6 Å². The van der Waals surface area contributed by atoms with Crippen LogP contribution in [-0.4, -0.2) is 59.6 Å². The van der Waals surface area contributed by atoms with Crippen molar-refractivity contribution in [1.82, 2.24) is 14.8 Å². The molecule has 2 saturated heterocycles. The molecule has 132 valence electrons. The SMILES string of the molecule is CO[C@H]1CCN(C(=O)c2ccco2)[C@@H]2CN(Cc3cccnc3)C[C@H]12. The number of amides is 1. The fraction of sp³-hybridized carbons (Fsp3) is 0.474. The quantitative estimate of drug-likeness (QED) is 0.852. The van der Waals surface area contributed by atoms with Crippen LogP contribution in [0.4, 0.5) is 0 Å². The minimum absolute atomic E-state index is 0.0159. The van der Waals surface area contributed by atoms with E-state index in [0.717, 1.165) is 26.1 Å². The minimum atomic E-state index is -0.0159. The summed E-state index contributed by atoms with van der Waals surface area (Å²) in [5.74, 6) is 0.729. The van der Waals surface area contributed by atoms with Gasteiger partial charge < -0.3 is 14.1 Å². The van der Waals surface area contributed by atoms with E-state index in [0.29, 0.717) is 18.2 Å². The van der Waals surface area contributed by atoms with Crippen molar-refractivity contribution < 1.29 is 13.9 Å². The third-order valence-corrected chi connectivity index (χ3v) is 5.37. The average Bonchev–Trinajstić information content (AvgIpc) is 3.31. The van der Waals surface area contributed by atoms with E-state index in [2.05, 4.69) is 16.0 Å². The highest BCUT2D eigenvalue weighted by Crippen LogP contribution is 2.34. The predicted octanol–water partition coefficient (Wildman–Crippen LogP) is 2.04. The number of furan rings is 1. The van der Waals surface area contributed by atoms with Gasteiger partial charge in [0.2, 0.25) is 0 Å². The smallest absolute Gasteiger partial charge is 0.289 e. The molecule has 0 N–H and O–H groups in total. The summed E-state index contributed by atoms with van der Waals surface area (Å²) < 4.78 is 11.1. The fourth-order valence-electron chi connectivity index (χ4n) is 4.20. The van der Waals surface area contributed by atoms with Crippen molar-refractivity contribution in [3.8, 4) is 0 Å². The summed E-state index contributed by atoms with van der Waals surface area (Å²) in [7, 11) is 1.77. The van der Waals surface area contributed by atoms with Crippen LogP contribution in [0, 0.1) is 5.92 Å². The zero-order valence-corrected chi connectivity index (χ0v) is 14.4. The van der Waals surface area contributed by atoms with Crippen molar-refractivity contribution in [3.63, 3.8) is 0 Å². The average molecular weight is 341 g/mol. The molecule has 6 nitrogen and oxygen atoms in total. The number of methoxy groups -OCH3 is 1. The van der Waals surface area contributed by atoms with Crippen molar-refractivity contribution in [1.29, 1.82) is 0 Å². The summed E-state index contributed by atoms with van der Waals surface area (Å²) in [6, 6.07) is 7.71. The van der Waals surface area contributed by atoms with Crippen molar-refractivity contribution in [3.05, 3.63) is 54.2 Å². The Labute approximate surface area is 147 Å². The monoisotopic (exact) mass is 341 g/mol. The number of piperidine rings is 1. The molecule has 2 fully saturated rings. The van der Waals surface area contributed by atoms with Gasteiger partial charge in [0.05, 0.1) is 18.4 Å². The normalized spacial score (nSPS) is 26.6. The maximum atomic E-state index is 12.8. The summed E-state index contributed by atoms with van der Waals surface area (Å²) in [6.45, 7) is 3.34. The number of ether oxygens (including phenoxy) is 1. The number of nitrogens with zero attached hydrogens (tertiary/aromatic N) is 3. The third-order valence-electron chi connectivity index (χ3n) is 5.37. The fourth-order valence-corrected chi connectivity index (χ4v) is 4.20. The first-order valence-corrected chi connectivity index (χ1v) is 8.75. The van der Waals surface area contributed by atoms with Gasteiger partial charge in [-0.1, -0.05) is 6.07 Å². The van der Waals surface area contributed by atoms with E-state index in [1.54, 1.807) is 31.7 Å². The lowest BCUT2D eigenvalue weighted by Gasteiger charge is -2.40. The van der Waals surface area contributed by atoms with Crippen molar-refractivity contribution in [2.24, 2.45) is 5.92 Å². The first-order valence-electron chi connectivity index (χ1n) is 8.75. The molecule has 2 aromatic rings. The molecule has 2 aromatic heterocycles. The minimum Gasteiger partial charge on any atom is -0.459 e. The molecule has 2 aliphatic heterocycles. The first kappa shape index (κ1) is 16.3. The molecule has 1 amide bonds. The standard InChI is InChI=1S/C19H23N3O3/c1-24-17-6-8-22(19(23)18-5-3-9-25-18)16-13-21(12-15(16)17)11-14-4-2-7-20-10-14/h2-5,7,9-10,15-17H,6,8,11-13H2,1H3/t15-,16+,17-/m0/s1. The van der Waals surface area contributed by atoms with Gasteiger partial charge in [-0.2, -0.15) is 0 Å². The molecule has 0 radical (unpaired) electrons. The Balaban J connectivity index is 1.52. The Kier molecular flexibility index (Phi) is 4.55. The maximum Gasteiger partial charge on any atom is 0.289 e. The zero-order chi connectivity index (χ0) is 17.2. The highest BCUT2D eigenvalue weighted by molar-refractivity contribution is 5.91. The van der Waals surface area contributed by atoms with Gasteiger partial charge >= 0.3 is 0 Å². The molecule has 3 atom stereocenters. The van der Waals surface area contributed by atoms with Gasteiger partial charge in [0.25, 0.3) is 5.91 Å². The van der Waals surface area contributed by atoms with Crippen LogP contribution >= 0.6 is 0 Å². The molecule has 2 aliphatic rings. The Hall–Kier alpha value is -2.18. The number of likely N-dealkylation sites (tertiary alicyclic amines) is 2. The Morgan fingerprint density at radius 2 is 2.28 bits per heavy atom. The van der Waals surface area contributed by atoms with E-state index in [4.69, 9.17) is 9.15 Å². The van der Waals surface area contributed by atoms with Crippen molar-refractivity contribution in [2.75, 3.05) is 26.7 Å². The third kappa shape index (κ3) is 3.19. The lowest BCUT2D eigenvalue weighted by molar-refractivity contribution is -0.0166. The van der Waals surface area contributed by atoms with Gasteiger partial charge in [0.15, 0.2) is 5.76 Å². The number of hydrogen-bond acceptors (Lipinski definition) is 5. The second kappa shape index (κ2) is 6.98. The molecular formula is C19H23N3O3.